The number of benzene rings is 1. The molecule has 2 rings (SSSR count). The van der Waals surface area contributed by atoms with Gasteiger partial charge in [0.2, 0.25) is 5.89 Å². The summed E-state index contributed by atoms with van der Waals surface area (Å²) >= 11 is 0. The van der Waals surface area contributed by atoms with Gasteiger partial charge in [-0.3, -0.25) is 4.79 Å². The summed E-state index contributed by atoms with van der Waals surface area (Å²) in [4.78, 5) is 14.2. The summed E-state index contributed by atoms with van der Waals surface area (Å²) in [5.74, 6) is -0.0864. The van der Waals surface area contributed by atoms with Crippen molar-refractivity contribution in [2.45, 2.75) is 6.42 Å². The summed E-state index contributed by atoms with van der Waals surface area (Å²) in [6.45, 7) is 0. The third-order valence-corrected chi connectivity index (χ3v) is 1.99. The van der Waals surface area contributed by atoms with Gasteiger partial charge in [-0.15, -0.1) is 0 Å². The van der Waals surface area contributed by atoms with Crippen LogP contribution in [-0.2, 0) is 6.42 Å². The van der Waals surface area contributed by atoms with Gasteiger partial charge in [0.25, 0.3) is 0 Å². The van der Waals surface area contributed by atoms with Crippen molar-refractivity contribution in [1.82, 2.24) is 4.98 Å². The summed E-state index contributed by atoms with van der Waals surface area (Å²) < 4.78 is 4.92. The molecular formula is C11H9NNaO3. The monoisotopic (exact) mass is 226 g/mol. The average molecular weight is 226 g/mol. The molecule has 0 aliphatic carbocycles. The van der Waals surface area contributed by atoms with Crippen molar-refractivity contribution in [3.8, 4) is 5.95 Å². The third-order valence-electron chi connectivity index (χ3n) is 1.99. The second-order valence-corrected chi connectivity index (χ2v) is 3.08. The molecule has 0 saturated carbocycles. The second kappa shape index (κ2) is 5.84. The van der Waals surface area contributed by atoms with Crippen molar-refractivity contribution < 1.29 is 14.3 Å². The number of nitrogens with zero attached hydrogens (tertiary/aromatic N) is 1. The van der Waals surface area contributed by atoms with Gasteiger partial charge in [0.15, 0.2) is 12.0 Å². The molecule has 0 unspecified atom stereocenters. The van der Waals surface area contributed by atoms with Gasteiger partial charge in [-0.05, 0) is 5.56 Å². The molecule has 5 heteroatoms. The van der Waals surface area contributed by atoms with E-state index in [-0.39, 0.29) is 35.3 Å². The van der Waals surface area contributed by atoms with Crippen molar-refractivity contribution in [2.24, 2.45) is 0 Å². The molecule has 0 saturated heterocycles. The van der Waals surface area contributed by atoms with Gasteiger partial charge in [0, 0.05) is 36.0 Å². The van der Waals surface area contributed by atoms with Crippen LogP contribution in [0.1, 0.15) is 21.9 Å². The van der Waals surface area contributed by atoms with E-state index in [1.807, 2.05) is 30.3 Å². The van der Waals surface area contributed by atoms with Gasteiger partial charge in [-0.25, -0.2) is 4.98 Å². The quantitative estimate of drug-likeness (QED) is 0.634. The first-order chi connectivity index (χ1) is 7.29. The van der Waals surface area contributed by atoms with Gasteiger partial charge in [0.1, 0.15) is 0 Å². The molecule has 2 aromatic rings. The molecule has 1 radical (unpaired) electrons. The zero-order valence-electron chi connectivity index (χ0n) is 8.88. The fourth-order valence-corrected chi connectivity index (χ4v) is 1.29. The van der Waals surface area contributed by atoms with Gasteiger partial charge in [-0.1, -0.05) is 30.3 Å². The van der Waals surface area contributed by atoms with E-state index in [1.54, 1.807) is 0 Å². The Morgan fingerprint density at radius 3 is 2.56 bits per heavy atom. The van der Waals surface area contributed by atoms with E-state index in [4.69, 9.17) is 9.52 Å². The predicted octanol–water partition coefficient (Wildman–Crippen LogP) is 1.40. The molecule has 0 bridgehead atoms. The summed E-state index contributed by atoms with van der Waals surface area (Å²) in [7, 11) is 0. The number of aromatic hydroxyl groups is 1. The molecule has 0 atom stereocenters. The molecular weight excluding hydrogens is 217 g/mol. The van der Waals surface area contributed by atoms with E-state index < -0.39 is 5.95 Å². The first-order valence-electron chi connectivity index (χ1n) is 4.47. The first kappa shape index (κ1) is 13.0. The maximum atomic E-state index is 10.4. The Kier molecular flexibility index (Phi) is 4.73. The van der Waals surface area contributed by atoms with Crippen LogP contribution >= 0.6 is 0 Å². The number of oxazole rings is 1. The standard InChI is InChI=1S/C11H9NO3.Na/c13-7-9-11(14)15-10(12-9)6-8-4-2-1-3-5-8;/h1-5,7,14H,6H2;. The first-order valence-corrected chi connectivity index (χ1v) is 4.47. The van der Waals surface area contributed by atoms with Gasteiger partial charge < -0.3 is 9.52 Å². The van der Waals surface area contributed by atoms with E-state index in [0.717, 1.165) is 5.56 Å². The van der Waals surface area contributed by atoms with Crippen LogP contribution in [0.2, 0.25) is 0 Å². The molecule has 0 amide bonds. The Hall–Kier alpha value is -1.10. The molecule has 1 aromatic carbocycles. The van der Waals surface area contributed by atoms with Gasteiger partial charge >= 0.3 is 5.95 Å². The number of hydrogen-bond acceptors (Lipinski definition) is 4. The Labute approximate surface area is 115 Å². The number of rotatable bonds is 3. The van der Waals surface area contributed by atoms with E-state index in [2.05, 4.69) is 4.98 Å². The molecule has 1 aromatic heterocycles. The molecule has 0 aliphatic rings. The minimum atomic E-state index is -0.420. The minimum Gasteiger partial charge on any atom is -0.479 e. The van der Waals surface area contributed by atoms with Crippen LogP contribution in [0.4, 0.5) is 0 Å². The minimum absolute atomic E-state index is 0. The van der Waals surface area contributed by atoms with Crippen LogP contribution < -0.4 is 0 Å². The summed E-state index contributed by atoms with van der Waals surface area (Å²) in [5, 5.41) is 9.15. The maximum Gasteiger partial charge on any atom is 0.313 e. The smallest absolute Gasteiger partial charge is 0.313 e. The van der Waals surface area contributed by atoms with E-state index in [0.29, 0.717) is 18.6 Å². The van der Waals surface area contributed by atoms with E-state index in [9.17, 15) is 4.79 Å². The number of carbonyl (C=O) groups excluding carboxylic acids is 1. The second-order valence-electron chi connectivity index (χ2n) is 3.08. The summed E-state index contributed by atoms with van der Waals surface area (Å²) in [5.41, 5.74) is 0.956. The van der Waals surface area contributed by atoms with Crippen molar-refractivity contribution in [3.63, 3.8) is 0 Å². The van der Waals surface area contributed by atoms with Crippen LogP contribution in [0.25, 0.3) is 0 Å². The van der Waals surface area contributed by atoms with Crippen molar-refractivity contribution in [1.29, 1.82) is 0 Å². The molecule has 0 fully saturated rings. The van der Waals surface area contributed by atoms with E-state index >= 15 is 0 Å². The Balaban J connectivity index is 0.00000128. The molecule has 0 aliphatic heterocycles. The van der Waals surface area contributed by atoms with Crippen molar-refractivity contribution in [3.05, 3.63) is 47.5 Å². The van der Waals surface area contributed by atoms with E-state index in [1.165, 1.54) is 0 Å². The topological polar surface area (TPSA) is 63.3 Å². The summed E-state index contributed by atoms with van der Waals surface area (Å²) in [6, 6.07) is 9.55. The van der Waals surface area contributed by atoms with Crippen LogP contribution in [0.15, 0.2) is 34.7 Å². The largest absolute Gasteiger partial charge is 0.479 e. The Morgan fingerprint density at radius 1 is 1.31 bits per heavy atom. The van der Waals surface area contributed by atoms with Crippen molar-refractivity contribution >= 4 is 35.8 Å². The molecule has 4 nitrogen and oxygen atoms in total. The van der Waals surface area contributed by atoms with Crippen molar-refractivity contribution in [2.75, 3.05) is 0 Å². The zero-order chi connectivity index (χ0) is 10.7. The fourth-order valence-electron chi connectivity index (χ4n) is 1.29. The van der Waals surface area contributed by atoms with Crippen LogP contribution in [0.5, 0.6) is 5.95 Å². The molecule has 77 valence electrons. The average Bonchev–Trinajstić information content (AvgIpc) is 2.60. The fraction of sp³-hybridized carbons (Fsp3) is 0.0909. The maximum absolute atomic E-state index is 10.4. The Morgan fingerprint density at radius 2 is 2.00 bits per heavy atom. The number of hydrogen-bond donors (Lipinski definition) is 1. The third kappa shape index (κ3) is 2.95. The van der Waals surface area contributed by atoms with Crippen LogP contribution in [-0.4, -0.2) is 45.9 Å². The zero-order valence-corrected chi connectivity index (χ0v) is 10.9. The molecule has 16 heavy (non-hydrogen) atoms. The number of aldehydes is 1. The molecule has 0 spiro atoms. The number of carbonyl (C=O) groups is 1. The van der Waals surface area contributed by atoms with Gasteiger partial charge in [-0.2, -0.15) is 0 Å². The predicted molar refractivity (Wildman–Crippen MR) is 58.6 cm³/mol. The van der Waals surface area contributed by atoms with Crippen LogP contribution in [0.3, 0.4) is 0 Å². The SMILES string of the molecule is O=Cc1nc(Cc2ccccc2)oc1O.[Na]. The van der Waals surface area contributed by atoms with Gasteiger partial charge in [0.05, 0.1) is 0 Å². The Bertz CT molecular complexity index is 467. The molecule has 1 N–H and O–H groups in total. The van der Waals surface area contributed by atoms with Crippen LogP contribution in [0, 0.1) is 0 Å². The normalized spacial score (nSPS) is 9.50. The summed E-state index contributed by atoms with van der Waals surface area (Å²) in [6.07, 6.45) is 0.926. The molecule has 1 heterocycles. The number of aromatic nitrogens is 1.